The zero-order valence-corrected chi connectivity index (χ0v) is 71.5. The molecule has 3 unspecified atom stereocenters. The molecule has 2 aliphatic carbocycles. The molecule has 0 heterocycles. The summed E-state index contributed by atoms with van der Waals surface area (Å²) in [7, 11) is 0. The molecule has 0 spiro atoms. The first-order valence-corrected chi connectivity index (χ1v) is 36.7. The number of halogens is 18. The summed E-state index contributed by atoms with van der Waals surface area (Å²) in [6.45, 7) is 84.3. The Morgan fingerprint density at radius 3 is 0.727 bits per heavy atom. The fourth-order valence-electron chi connectivity index (χ4n) is 9.86. The van der Waals surface area contributed by atoms with Crippen LogP contribution in [0.4, 0.5) is 79.0 Å². The molecule has 0 aromatic heterocycles. The lowest BCUT2D eigenvalue weighted by molar-refractivity contribution is -0.243. The largest absolute Gasteiger partial charge is 0.394 e. The molecule has 2 saturated carbocycles. The van der Waals surface area contributed by atoms with Crippen LogP contribution in [0.1, 0.15) is 349 Å². The van der Waals surface area contributed by atoms with Crippen molar-refractivity contribution >= 4 is 0 Å². The van der Waals surface area contributed by atoms with E-state index in [4.69, 9.17) is 0 Å². The Hall–Kier alpha value is -1.26. The molecule has 18 heteroatoms. The van der Waals surface area contributed by atoms with Crippen molar-refractivity contribution < 1.29 is 79.0 Å². The molecule has 608 valence electrons. The molecule has 2 rings (SSSR count). The smallest absolute Gasteiger partial charge is 0.171 e. The number of hydrogen-bond donors (Lipinski definition) is 0. The van der Waals surface area contributed by atoms with Crippen molar-refractivity contribution in [3.8, 4) is 0 Å². The predicted molar refractivity (Wildman–Crippen MR) is 389 cm³/mol. The van der Waals surface area contributed by atoms with Crippen LogP contribution in [0, 0.1) is 136 Å². The summed E-state index contributed by atoms with van der Waals surface area (Å²) in [6.07, 6.45) is -19.7. The van der Waals surface area contributed by atoms with Gasteiger partial charge in [0, 0.05) is 0 Å². The van der Waals surface area contributed by atoms with Gasteiger partial charge < -0.3 is 0 Å². The lowest BCUT2D eigenvalue weighted by Gasteiger charge is -2.49. The maximum atomic E-state index is 12.6. The predicted octanol–water partition coefficient (Wildman–Crippen LogP) is 33.1. The van der Waals surface area contributed by atoms with Gasteiger partial charge in [-0.2, -0.15) is 79.0 Å². The van der Waals surface area contributed by atoms with Crippen molar-refractivity contribution in [1.82, 2.24) is 0 Å². The van der Waals surface area contributed by atoms with Crippen LogP contribution >= 0.6 is 0 Å². The summed E-state index contributed by atoms with van der Waals surface area (Å²) in [5, 5.41) is 0. The van der Waals surface area contributed by atoms with Gasteiger partial charge in [0.1, 0.15) is 0 Å². The Labute approximate surface area is 599 Å². The molecular weight excluding hydrogens is 1310 g/mol. The van der Waals surface area contributed by atoms with Crippen LogP contribution in [0.2, 0.25) is 0 Å². The number of rotatable bonds is 7. The monoisotopic (exact) mass is 1470 g/mol. The van der Waals surface area contributed by atoms with E-state index in [1.807, 2.05) is 62.3 Å². The summed E-state index contributed by atoms with van der Waals surface area (Å²) < 4.78 is 220. The zero-order valence-electron chi connectivity index (χ0n) is 71.5. The molecule has 0 radical (unpaired) electrons. The molecule has 99 heavy (non-hydrogen) atoms. The molecule has 0 aromatic carbocycles. The van der Waals surface area contributed by atoms with E-state index in [1.165, 1.54) is 41.5 Å². The van der Waals surface area contributed by atoms with Crippen LogP contribution < -0.4 is 0 Å². The normalized spacial score (nSPS) is 20.2. The Morgan fingerprint density at radius 2 is 0.616 bits per heavy atom. The summed E-state index contributed by atoms with van der Waals surface area (Å²) in [5.74, 6) is -1.91. The van der Waals surface area contributed by atoms with Crippen molar-refractivity contribution in [3.63, 3.8) is 0 Å². The minimum atomic E-state index is -4.13. The van der Waals surface area contributed by atoms with E-state index < -0.39 is 88.3 Å². The van der Waals surface area contributed by atoms with Gasteiger partial charge in [-0.15, -0.1) is 0 Å². The van der Waals surface area contributed by atoms with Crippen LogP contribution in [0.3, 0.4) is 0 Å². The minimum Gasteiger partial charge on any atom is -0.171 e. The highest BCUT2D eigenvalue weighted by Gasteiger charge is 2.55. The highest BCUT2D eigenvalue weighted by atomic mass is 19.4. The Bertz CT molecular complexity index is 1990. The third kappa shape index (κ3) is 41.4. The maximum absolute atomic E-state index is 12.6. The first-order valence-electron chi connectivity index (χ1n) is 36.7. The molecule has 2 fully saturated rings. The molecule has 0 aromatic rings. The molecular formula is C81H158F18. The van der Waals surface area contributed by atoms with E-state index >= 15 is 0 Å². The molecule has 0 saturated heterocycles. The number of alkyl halides is 18. The minimum absolute atomic E-state index is 0.0362. The van der Waals surface area contributed by atoms with E-state index in [1.54, 1.807) is 48.5 Å². The first kappa shape index (κ1) is 111. The van der Waals surface area contributed by atoms with Crippen LogP contribution in [0.5, 0.6) is 0 Å². The molecule has 7 atom stereocenters. The second kappa shape index (κ2) is 40.6. The van der Waals surface area contributed by atoms with E-state index in [0.717, 1.165) is 43.4 Å². The van der Waals surface area contributed by atoms with Crippen molar-refractivity contribution in [2.45, 2.75) is 386 Å². The van der Waals surface area contributed by atoms with Gasteiger partial charge in [0.05, 0.1) is 34.5 Å². The van der Waals surface area contributed by atoms with E-state index in [-0.39, 0.29) is 29.1 Å². The van der Waals surface area contributed by atoms with Crippen molar-refractivity contribution in [1.29, 1.82) is 0 Å². The second-order valence-corrected chi connectivity index (χ2v) is 40.0. The van der Waals surface area contributed by atoms with Gasteiger partial charge >= 0.3 is 37.1 Å². The molecule has 2 aliphatic rings. The van der Waals surface area contributed by atoms with E-state index in [9.17, 15) is 79.0 Å². The van der Waals surface area contributed by atoms with E-state index in [2.05, 4.69) is 145 Å². The average molecular weight is 1470 g/mol. The topological polar surface area (TPSA) is 0 Å². The number of hydrogen-bond acceptors (Lipinski definition) is 0. The van der Waals surface area contributed by atoms with Crippen LogP contribution in [-0.4, -0.2) is 37.1 Å². The Kier molecular flexibility index (Phi) is 45.6. The van der Waals surface area contributed by atoms with E-state index in [0.29, 0.717) is 64.1 Å². The SMILES string of the molecule is CC(C)(C)C(C)(C)C(C)(C)C.CC(C)(C)C(C)(C)C(F)(F)F.CC(C)C(C)(C)C(C)(C)C.CC(C)C(C)(C)C(C)C(F)(F)F.CC(C)[C@@H](C)C(C)(C)C.CC(C)[C@@H](C)C(C)C(F)(F)F.CC1CCC(C(F)(F)F)CC1.C[C@@H]1CCCC(C(F)(F)F)C1.C[C@H](C(C)(C)C)C(C)(C)C(F)(F)F. The van der Waals surface area contributed by atoms with Gasteiger partial charge in [0.2, 0.25) is 0 Å². The maximum Gasteiger partial charge on any atom is 0.394 e. The van der Waals surface area contributed by atoms with Crippen LogP contribution in [0.15, 0.2) is 0 Å². The lowest BCUT2D eigenvalue weighted by Crippen LogP contribution is -2.43. The van der Waals surface area contributed by atoms with Gasteiger partial charge in [0.15, 0.2) is 0 Å². The summed E-state index contributed by atoms with van der Waals surface area (Å²) in [6, 6.07) is 0. The molecule has 0 aliphatic heterocycles. The van der Waals surface area contributed by atoms with Crippen LogP contribution in [-0.2, 0) is 0 Å². The highest BCUT2D eigenvalue weighted by molar-refractivity contribution is 4.93. The van der Waals surface area contributed by atoms with Gasteiger partial charge in [-0.3, -0.25) is 0 Å². The zero-order chi connectivity index (χ0) is 82.7. The van der Waals surface area contributed by atoms with Gasteiger partial charge in [-0.25, -0.2) is 0 Å². The lowest BCUT2D eigenvalue weighted by atomic mass is 9.56. The van der Waals surface area contributed by atoms with Crippen molar-refractivity contribution in [2.75, 3.05) is 0 Å². The fraction of sp³-hybridized carbons (Fsp3) is 1.00. The van der Waals surface area contributed by atoms with Crippen molar-refractivity contribution in [2.24, 2.45) is 136 Å². The van der Waals surface area contributed by atoms with Gasteiger partial charge in [0.25, 0.3) is 0 Å². The van der Waals surface area contributed by atoms with Gasteiger partial charge in [-0.1, -0.05) is 323 Å². The molecule has 0 nitrogen and oxygen atoms in total. The highest BCUT2D eigenvalue weighted by Crippen LogP contribution is 2.53. The second-order valence-electron chi connectivity index (χ2n) is 40.0. The molecule has 0 bridgehead atoms. The third-order valence-corrected chi connectivity index (χ3v) is 25.5. The molecule has 0 N–H and O–H groups in total. The Morgan fingerprint density at radius 1 is 0.283 bits per heavy atom. The summed E-state index contributed by atoms with van der Waals surface area (Å²) in [5.41, 5.74) is -2.52. The standard InChI is InChI=1S/C11H24.C10H19F3.C10H22.C9H17F3.C9H20.2C8H13F3.2C8H15F3/c1-9(2,3)11(7,8)10(4,5)6;1-7(8(2,3)4)9(5,6)10(11,12)13;1-8(2)10(6,7)9(3,4)5;1-6(2)8(4,5)7(3)9(10,11)12;1-7(2)8(3)9(4,5)6;1-6-2-4-7(5-3-6)8(9,10)11;1-6-3-2-4-7(5-6)8(9,10)11;1-6(2,3)7(4,5)8(9,10)11;1-5(2)6(3)7(4)8(9,10)11/h1-8H3;7H,1-6H3;8H,1-7H3;6-7H,1-5H3;7-8H,1-6H3;2*6-7H,2-5H2,1H3;1-5H3;5-7H,1-4H3/t;7-;;;8-;;6-,7?;;6-,7?/m.1..1.1.1/s1. The third-order valence-electron chi connectivity index (χ3n) is 25.5. The fourth-order valence-corrected chi connectivity index (χ4v) is 9.86. The molecule has 0 amide bonds. The quantitative estimate of drug-likeness (QED) is 0.223. The summed E-state index contributed by atoms with van der Waals surface area (Å²) >= 11 is 0. The first-order chi connectivity index (χ1) is 42.3. The average Bonchev–Trinajstić information content (AvgIpc) is 0.803. The Balaban J connectivity index is -0.000000193. The summed E-state index contributed by atoms with van der Waals surface area (Å²) in [4.78, 5) is 0. The van der Waals surface area contributed by atoms with Crippen LogP contribution in [0.25, 0.3) is 0 Å². The van der Waals surface area contributed by atoms with Gasteiger partial charge in [-0.05, 0) is 128 Å². The van der Waals surface area contributed by atoms with Crippen molar-refractivity contribution in [3.05, 3.63) is 0 Å².